The molecule has 1 aromatic carbocycles. The van der Waals surface area contributed by atoms with E-state index in [2.05, 4.69) is 10.2 Å². The Morgan fingerprint density at radius 3 is 3.05 bits per heavy atom. The van der Waals surface area contributed by atoms with E-state index in [-0.39, 0.29) is 5.91 Å². The van der Waals surface area contributed by atoms with Gasteiger partial charge in [0.15, 0.2) is 0 Å². The van der Waals surface area contributed by atoms with Crippen LogP contribution in [0.1, 0.15) is 41.6 Å². The molecular weight excluding hydrogens is 272 g/mol. The maximum absolute atomic E-state index is 12.4. The van der Waals surface area contributed by atoms with Crippen molar-refractivity contribution < 1.29 is 4.79 Å². The fourth-order valence-electron chi connectivity index (χ4n) is 3.46. The molecule has 3 rings (SSSR count). The Morgan fingerprint density at radius 2 is 2.20 bits per heavy atom. The van der Waals surface area contributed by atoms with Crippen LogP contribution in [0.3, 0.4) is 0 Å². The van der Waals surface area contributed by atoms with E-state index in [1.807, 2.05) is 24.3 Å². The number of amides is 1. The van der Waals surface area contributed by atoms with Gasteiger partial charge in [0.1, 0.15) is 0 Å². The van der Waals surface area contributed by atoms with Crippen molar-refractivity contribution in [2.45, 2.75) is 43.6 Å². The summed E-state index contributed by atoms with van der Waals surface area (Å²) in [5.74, 6) is 0.482. The highest BCUT2D eigenvalue weighted by Gasteiger charge is 2.36. The lowest BCUT2D eigenvalue weighted by Crippen LogP contribution is -2.46. The standard InChI is InChI=1S/C16H21ClN2O/c17-11-12-4-3-5-13(10-12)16(20)18-14-7-9-19-8-2-1-6-15(14)19/h3-5,10,14-15H,1-2,6-9,11H2,(H,18,20). The average molecular weight is 293 g/mol. The second-order valence-corrected chi connectivity index (χ2v) is 6.07. The number of carbonyl (C=O) groups excluding carboxylic acids is 1. The lowest BCUT2D eigenvalue weighted by molar-refractivity contribution is 0.0915. The summed E-state index contributed by atoms with van der Waals surface area (Å²) in [4.78, 5) is 14.9. The van der Waals surface area contributed by atoms with Crippen LogP contribution < -0.4 is 5.32 Å². The largest absolute Gasteiger partial charge is 0.348 e. The Hall–Kier alpha value is -1.06. The molecule has 0 bridgehead atoms. The van der Waals surface area contributed by atoms with Crippen molar-refractivity contribution in [3.63, 3.8) is 0 Å². The summed E-state index contributed by atoms with van der Waals surface area (Å²) in [6, 6.07) is 8.44. The Morgan fingerprint density at radius 1 is 1.30 bits per heavy atom. The number of alkyl halides is 1. The molecular formula is C16H21ClN2O. The topological polar surface area (TPSA) is 32.3 Å². The van der Waals surface area contributed by atoms with Crippen molar-refractivity contribution in [3.8, 4) is 0 Å². The van der Waals surface area contributed by atoms with Gasteiger partial charge in [-0.1, -0.05) is 18.6 Å². The van der Waals surface area contributed by atoms with E-state index >= 15 is 0 Å². The van der Waals surface area contributed by atoms with Crippen LogP contribution in [-0.2, 0) is 5.88 Å². The minimum atomic E-state index is 0.0365. The molecule has 2 aliphatic heterocycles. The molecule has 108 valence electrons. The smallest absolute Gasteiger partial charge is 0.251 e. The van der Waals surface area contributed by atoms with Gasteiger partial charge in [0.2, 0.25) is 0 Å². The Labute approximate surface area is 125 Å². The molecule has 1 aromatic rings. The van der Waals surface area contributed by atoms with Gasteiger partial charge in [-0.05, 0) is 43.5 Å². The van der Waals surface area contributed by atoms with E-state index in [0.29, 0.717) is 18.0 Å². The van der Waals surface area contributed by atoms with Crippen LogP contribution in [0.4, 0.5) is 0 Å². The number of nitrogens with zero attached hydrogens (tertiary/aromatic N) is 1. The van der Waals surface area contributed by atoms with Crippen molar-refractivity contribution in [2.24, 2.45) is 0 Å². The Balaban J connectivity index is 1.66. The van der Waals surface area contributed by atoms with Crippen LogP contribution in [0.5, 0.6) is 0 Å². The summed E-state index contributed by atoms with van der Waals surface area (Å²) >= 11 is 5.83. The number of nitrogens with one attached hydrogen (secondary N) is 1. The van der Waals surface area contributed by atoms with Gasteiger partial charge < -0.3 is 5.32 Å². The van der Waals surface area contributed by atoms with Crippen LogP contribution in [0, 0.1) is 0 Å². The molecule has 20 heavy (non-hydrogen) atoms. The van der Waals surface area contributed by atoms with Gasteiger partial charge in [0.05, 0.1) is 0 Å². The molecule has 2 unspecified atom stereocenters. The van der Waals surface area contributed by atoms with Crippen molar-refractivity contribution in [2.75, 3.05) is 13.1 Å². The van der Waals surface area contributed by atoms with Gasteiger partial charge in [-0.15, -0.1) is 11.6 Å². The third-order valence-corrected chi connectivity index (χ3v) is 4.82. The predicted molar refractivity (Wildman–Crippen MR) is 81.1 cm³/mol. The van der Waals surface area contributed by atoms with Gasteiger partial charge >= 0.3 is 0 Å². The minimum absolute atomic E-state index is 0.0365. The van der Waals surface area contributed by atoms with E-state index < -0.39 is 0 Å². The third kappa shape index (κ3) is 2.84. The van der Waals surface area contributed by atoms with E-state index in [1.165, 1.54) is 25.8 Å². The summed E-state index contributed by atoms with van der Waals surface area (Å²) in [5.41, 5.74) is 1.71. The lowest BCUT2D eigenvalue weighted by atomic mass is 9.98. The minimum Gasteiger partial charge on any atom is -0.348 e. The number of hydrogen-bond acceptors (Lipinski definition) is 2. The monoisotopic (exact) mass is 292 g/mol. The molecule has 1 amide bonds. The van der Waals surface area contributed by atoms with E-state index in [9.17, 15) is 4.79 Å². The van der Waals surface area contributed by atoms with Crippen molar-refractivity contribution >= 4 is 17.5 Å². The third-order valence-electron chi connectivity index (χ3n) is 4.52. The molecule has 2 fully saturated rings. The highest BCUT2D eigenvalue weighted by atomic mass is 35.5. The van der Waals surface area contributed by atoms with Crippen LogP contribution >= 0.6 is 11.6 Å². The molecule has 0 saturated carbocycles. The zero-order valence-electron chi connectivity index (χ0n) is 11.6. The molecule has 2 aliphatic rings. The van der Waals surface area contributed by atoms with Gasteiger partial charge in [-0.3, -0.25) is 9.69 Å². The lowest BCUT2D eigenvalue weighted by Gasteiger charge is -2.32. The zero-order chi connectivity index (χ0) is 13.9. The zero-order valence-corrected chi connectivity index (χ0v) is 12.4. The van der Waals surface area contributed by atoms with Crippen LogP contribution in [0.2, 0.25) is 0 Å². The first kappa shape index (κ1) is 13.9. The fourth-order valence-corrected chi connectivity index (χ4v) is 3.63. The first-order valence-electron chi connectivity index (χ1n) is 7.48. The average Bonchev–Trinajstić information content (AvgIpc) is 2.90. The highest BCUT2D eigenvalue weighted by molar-refractivity contribution is 6.17. The van der Waals surface area contributed by atoms with Gasteiger partial charge in [-0.25, -0.2) is 0 Å². The first-order chi connectivity index (χ1) is 9.78. The molecule has 2 heterocycles. The quantitative estimate of drug-likeness (QED) is 0.869. The highest BCUT2D eigenvalue weighted by Crippen LogP contribution is 2.27. The normalized spacial score (nSPS) is 26.2. The molecule has 0 aromatic heterocycles. The maximum Gasteiger partial charge on any atom is 0.251 e. The van der Waals surface area contributed by atoms with Gasteiger partial charge in [-0.2, -0.15) is 0 Å². The summed E-state index contributed by atoms with van der Waals surface area (Å²) in [6.07, 6.45) is 4.88. The van der Waals surface area contributed by atoms with E-state index in [1.54, 1.807) is 0 Å². The van der Waals surface area contributed by atoms with Gasteiger partial charge in [0, 0.05) is 30.1 Å². The number of fused-ring (bicyclic) bond motifs is 1. The molecule has 1 N–H and O–H groups in total. The van der Waals surface area contributed by atoms with Crippen LogP contribution in [-0.4, -0.2) is 36.0 Å². The van der Waals surface area contributed by atoms with Crippen molar-refractivity contribution in [3.05, 3.63) is 35.4 Å². The summed E-state index contributed by atoms with van der Waals surface area (Å²) < 4.78 is 0. The van der Waals surface area contributed by atoms with E-state index in [4.69, 9.17) is 11.6 Å². The first-order valence-corrected chi connectivity index (χ1v) is 8.01. The molecule has 0 radical (unpaired) electrons. The van der Waals surface area contributed by atoms with Crippen molar-refractivity contribution in [1.82, 2.24) is 10.2 Å². The molecule has 0 spiro atoms. The number of rotatable bonds is 3. The van der Waals surface area contributed by atoms with Crippen LogP contribution in [0.15, 0.2) is 24.3 Å². The summed E-state index contributed by atoms with van der Waals surface area (Å²) in [7, 11) is 0. The summed E-state index contributed by atoms with van der Waals surface area (Å²) in [6.45, 7) is 2.32. The number of benzene rings is 1. The number of hydrogen-bond donors (Lipinski definition) is 1. The number of piperidine rings is 1. The molecule has 0 aliphatic carbocycles. The van der Waals surface area contributed by atoms with E-state index in [0.717, 1.165) is 24.1 Å². The molecule has 3 nitrogen and oxygen atoms in total. The van der Waals surface area contributed by atoms with Crippen molar-refractivity contribution in [1.29, 1.82) is 0 Å². The SMILES string of the molecule is O=C(NC1CCN2CCCCC12)c1cccc(CCl)c1. The molecule has 2 atom stereocenters. The number of halogens is 1. The Kier molecular flexibility index (Phi) is 4.27. The maximum atomic E-state index is 12.4. The molecule has 4 heteroatoms. The molecule has 2 saturated heterocycles. The predicted octanol–water partition coefficient (Wildman–Crippen LogP) is 2.78. The Bertz CT molecular complexity index is 491. The summed E-state index contributed by atoms with van der Waals surface area (Å²) in [5, 5.41) is 3.22. The second-order valence-electron chi connectivity index (χ2n) is 5.80. The number of carbonyl (C=O) groups is 1. The fraction of sp³-hybridized carbons (Fsp3) is 0.562. The van der Waals surface area contributed by atoms with Crippen LogP contribution in [0.25, 0.3) is 0 Å². The second kappa shape index (κ2) is 6.15. The van der Waals surface area contributed by atoms with Gasteiger partial charge in [0.25, 0.3) is 5.91 Å².